The monoisotopic (exact) mass is 286 g/mol. The minimum absolute atomic E-state index is 0.0518. The first kappa shape index (κ1) is 14.5. The van der Waals surface area contributed by atoms with Crippen molar-refractivity contribution in [1.82, 2.24) is 9.80 Å². The summed E-state index contributed by atoms with van der Waals surface area (Å²) >= 11 is 1.74. The summed E-state index contributed by atoms with van der Waals surface area (Å²) in [6.07, 6.45) is 3.20. The van der Waals surface area contributed by atoms with E-state index < -0.39 is 5.97 Å². The number of aliphatic carboxylic acids is 1. The minimum atomic E-state index is -0.821. The number of rotatable bonds is 5. The third kappa shape index (κ3) is 3.78. The second kappa shape index (κ2) is 6.50. The van der Waals surface area contributed by atoms with Crippen molar-refractivity contribution in [3.63, 3.8) is 0 Å². The van der Waals surface area contributed by atoms with Crippen molar-refractivity contribution in [2.24, 2.45) is 0 Å². The van der Waals surface area contributed by atoms with Crippen molar-refractivity contribution in [1.29, 1.82) is 0 Å². The average molecular weight is 286 g/mol. The zero-order chi connectivity index (χ0) is 13.8. The summed E-state index contributed by atoms with van der Waals surface area (Å²) in [6.45, 7) is 3.53. The van der Waals surface area contributed by atoms with Crippen LogP contribution in [0.15, 0.2) is 0 Å². The van der Waals surface area contributed by atoms with Crippen molar-refractivity contribution >= 4 is 23.8 Å². The zero-order valence-electron chi connectivity index (χ0n) is 11.4. The summed E-state index contributed by atoms with van der Waals surface area (Å²) in [5, 5.41) is 8.97. The molecule has 0 aromatic heterocycles. The highest BCUT2D eigenvalue weighted by Gasteiger charge is 2.37. The summed E-state index contributed by atoms with van der Waals surface area (Å²) in [6, 6.07) is 0.297. The molecule has 1 atom stereocenters. The van der Waals surface area contributed by atoms with Crippen LogP contribution in [0.4, 0.5) is 4.79 Å². The smallest absolute Gasteiger partial charge is 0.320 e. The summed E-state index contributed by atoms with van der Waals surface area (Å²) in [7, 11) is 0. The molecule has 1 N–H and O–H groups in total. The second-order valence-electron chi connectivity index (χ2n) is 5.23. The lowest BCUT2D eigenvalue weighted by Crippen LogP contribution is -2.53. The molecule has 0 radical (unpaired) electrons. The molecule has 1 saturated carbocycles. The number of hydrogen-bond donors (Lipinski definition) is 1. The third-order valence-electron chi connectivity index (χ3n) is 3.58. The minimum Gasteiger partial charge on any atom is -0.481 e. The molecule has 1 heterocycles. The Balaban J connectivity index is 2.02. The van der Waals surface area contributed by atoms with Crippen LogP contribution in [0.25, 0.3) is 0 Å². The van der Waals surface area contributed by atoms with E-state index in [-0.39, 0.29) is 18.5 Å². The van der Waals surface area contributed by atoms with Gasteiger partial charge in [-0.25, -0.2) is 4.79 Å². The molecule has 6 heteroatoms. The normalized spacial score (nSPS) is 23.2. The number of thioether (sulfide) groups is 1. The molecule has 1 aliphatic carbocycles. The van der Waals surface area contributed by atoms with Gasteiger partial charge in [0.15, 0.2) is 0 Å². The fraction of sp³-hybridized carbons (Fsp3) is 0.846. The van der Waals surface area contributed by atoms with Gasteiger partial charge in [-0.1, -0.05) is 6.92 Å². The van der Waals surface area contributed by atoms with Crippen LogP contribution in [0.1, 0.15) is 32.6 Å². The van der Waals surface area contributed by atoms with E-state index in [0.717, 1.165) is 37.3 Å². The summed E-state index contributed by atoms with van der Waals surface area (Å²) in [5.41, 5.74) is 0. The van der Waals surface area contributed by atoms with Crippen molar-refractivity contribution < 1.29 is 14.7 Å². The first-order chi connectivity index (χ1) is 9.13. The van der Waals surface area contributed by atoms with E-state index in [1.165, 1.54) is 0 Å². The first-order valence-corrected chi connectivity index (χ1v) is 8.15. The zero-order valence-corrected chi connectivity index (χ0v) is 12.2. The van der Waals surface area contributed by atoms with E-state index >= 15 is 0 Å². The number of carbonyl (C=O) groups is 2. The summed E-state index contributed by atoms with van der Waals surface area (Å²) < 4.78 is 0. The summed E-state index contributed by atoms with van der Waals surface area (Å²) in [5.74, 6) is 0.827. The third-order valence-corrected chi connectivity index (χ3v) is 4.67. The highest BCUT2D eigenvalue weighted by molar-refractivity contribution is 7.99. The molecular formula is C13H22N2O3S. The van der Waals surface area contributed by atoms with Gasteiger partial charge in [0, 0.05) is 30.6 Å². The maximum atomic E-state index is 12.6. The molecule has 1 aliphatic heterocycles. The molecular weight excluding hydrogens is 264 g/mol. The summed E-state index contributed by atoms with van der Waals surface area (Å²) in [4.78, 5) is 27.3. The van der Waals surface area contributed by atoms with Crippen LogP contribution < -0.4 is 0 Å². The Bertz CT molecular complexity index is 347. The van der Waals surface area contributed by atoms with Gasteiger partial charge >= 0.3 is 12.0 Å². The van der Waals surface area contributed by atoms with Crippen molar-refractivity contribution in [2.45, 2.75) is 44.7 Å². The van der Waals surface area contributed by atoms with E-state index in [1.807, 2.05) is 4.90 Å². The van der Waals surface area contributed by atoms with Gasteiger partial charge in [0.1, 0.15) is 0 Å². The van der Waals surface area contributed by atoms with Gasteiger partial charge in [0.2, 0.25) is 0 Å². The Kier molecular flexibility index (Phi) is 4.96. The lowest BCUT2D eigenvalue weighted by Gasteiger charge is -2.38. The van der Waals surface area contributed by atoms with Gasteiger partial charge in [-0.05, 0) is 19.3 Å². The maximum Gasteiger partial charge on any atom is 0.320 e. The molecule has 2 rings (SSSR count). The molecule has 0 bridgehead atoms. The molecule has 2 fully saturated rings. The number of hydrogen-bond acceptors (Lipinski definition) is 3. The highest BCUT2D eigenvalue weighted by atomic mass is 32.2. The van der Waals surface area contributed by atoms with Crippen LogP contribution in [0.3, 0.4) is 0 Å². The van der Waals surface area contributed by atoms with E-state index in [2.05, 4.69) is 6.92 Å². The number of carboxylic acid groups (broad SMARTS) is 1. The van der Waals surface area contributed by atoms with Crippen LogP contribution in [-0.4, -0.2) is 63.6 Å². The lowest BCUT2D eigenvalue weighted by atomic mass is 10.2. The SMILES string of the molecule is CCCN(C(=O)N1CCSCC1CC(=O)O)C1CC1. The topological polar surface area (TPSA) is 60.9 Å². The quantitative estimate of drug-likeness (QED) is 0.838. The number of urea groups is 1. The molecule has 1 unspecified atom stereocenters. The average Bonchev–Trinajstić information content (AvgIpc) is 3.19. The van der Waals surface area contributed by atoms with Gasteiger partial charge in [-0.3, -0.25) is 4.79 Å². The number of amides is 2. The lowest BCUT2D eigenvalue weighted by molar-refractivity contribution is -0.138. The van der Waals surface area contributed by atoms with Gasteiger partial charge < -0.3 is 14.9 Å². The molecule has 2 aliphatic rings. The maximum absolute atomic E-state index is 12.6. The van der Waals surface area contributed by atoms with Crippen LogP contribution in [0, 0.1) is 0 Å². The standard InChI is InChI=1S/C13H22N2O3S/c1-2-5-14(10-3-4-10)13(18)15-6-7-19-9-11(15)8-12(16)17/h10-11H,2-9H2,1H3,(H,16,17). The molecule has 0 aromatic rings. The molecule has 0 aromatic carbocycles. The van der Waals surface area contributed by atoms with Crippen LogP contribution in [0.2, 0.25) is 0 Å². The largest absolute Gasteiger partial charge is 0.481 e. The molecule has 108 valence electrons. The number of carbonyl (C=O) groups excluding carboxylic acids is 1. The molecule has 5 nitrogen and oxygen atoms in total. The van der Waals surface area contributed by atoms with Crippen molar-refractivity contribution in [3.8, 4) is 0 Å². The Hall–Kier alpha value is -0.910. The Morgan fingerprint density at radius 1 is 1.42 bits per heavy atom. The van der Waals surface area contributed by atoms with Gasteiger partial charge in [0.25, 0.3) is 0 Å². The first-order valence-electron chi connectivity index (χ1n) is 7.00. The second-order valence-corrected chi connectivity index (χ2v) is 6.38. The molecule has 0 spiro atoms. The van der Waals surface area contributed by atoms with Gasteiger partial charge in [-0.2, -0.15) is 11.8 Å². The fourth-order valence-electron chi connectivity index (χ4n) is 2.50. The van der Waals surface area contributed by atoms with E-state index in [0.29, 0.717) is 12.6 Å². The van der Waals surface area contributed by atoms with Crippen LogP contribution in [-0.2, 0) is 4.79 Å². The highest BCUT2D eigenvalue weighted by Crippen LogP contribution is 2.29. The van der Waals surface area contributed by atoms with E-state index in [4.69, 9.17) is 5.11 Å². The molecule has 1 saturated heterocycles. The Morgan fingerprint density at radius 2 is 2.16 bits per heavy atom. The van der Waals surface area contributed by atoms with E-state index in [9.17, 15) is 9.59 Å². The predicted molar refractivity (Wildman–Crippen MR) is 75.5 cm³/mol. The van der Waals surface area contributed by atoms with Gasteiger partial charge in [0.05, 0.1) is 12.5 Å². The van der Waals surface area contributed by atoms with Crippen LogP contribution in [0.5, 0.6) is 0 Å². The van der Waals surface area contributed by atoms with Crippen molar-refractivity contribution in [2.75, 3.05) is 24.6 Å². The van der Waals surface area contributed by atoms with E-state index in [1.54, 1.807) is 16.7 Å². The fourth-order valence-corrected chi connectivity index (χ4v) is 3.57. The Morgan fingerprint density at radius 3 is 2.74 bits per heavy atom. The van der Waals surface area contributed by atoms with Crippen molar-refractivity contribution in [3.05, 3.63) is 0 Å². The Labute approximate surface area is 118 Å². The molecule has 2 amide bonds. The predicted octanol–water partition coefficient (Wildman–Crippen LogP) is 1.87. The van der Waals surface area contributed by atoms with Gasteiger partial charge in [-0.15, -0.1) is 0 Å². The van der Waals surface area contributed by atoms with Crippen LogP contribution >= 0.6 is 11.8 Å². The number of carboxylic acids is 1. The molecule has 19 heavy (non-hydrogen) atoms. The number of nitrogens with zero attached hydrogens (tertiary/aromatic N) is 2.